The number of carbonyl (C=O) groups is 1. The molecular formula is C20H22N2O5S. The van der Waals surface area contributed by atoms with Gasteiger partial charge in [0.1, 0.15) is 5.52 Å². The molecule has 0 fully saturated rings. The van der Waals surface area contributed by atoms with Crippen LogP contribution in [0, 0.1) is 20.8 Å². The van der Waals surface area contributed by atoms with Crippen LogP contribution in [0.15, 0.2) is 39.6 Å². The molecule has 1 heterocycles. The van der Waals surface area contributed by atoms with Crippen molar-refractivity contribution in [3.8, 4) is 0 Å². The largest absolute Gasteiger partial charge is 0.465 e. The van der Waals surface area contributed by atoms with Crippen molar-refractivity contribution in [2.75, 3.05) is 18.0 Å². The molecule has 0 N–H and O–H groups in total. The first kappa shape index (κ1) is 19.9. The van der Waals surface area contributed by atoms with E-state index in [0.717, 1.165) is 9.87 Å². The molecule has 0 aliphatic rings. The Morgan fingerprint density at radius 2 is 1.89 bits per heavy atom. The van der Waals surface area contributed by atoms with Gasteiger partial charge >= 0.3 is 12.0 Å². The zero-order valence-electron chi connectivity index (χ0n) is 16.4. The number of esters is 1. The number of anilines is 1. The third-order valence-electron chi connectivity index (χ3n) is 4.67. The van der Waals surface area contributed by atoms with Crippen LogP contribution in [0.25, 0.3) is 11.1 Å². The Bertz CT molecular complexity index is 1160. The van der Waals surface area contributed by atoms with Crippen LogP contribution in [0.4, 0.5) is 6.01 Å². The van der Waals surface area contributed by atoms with Gasteiger partial charge in [-0.3, -0.25) is 0 Å². The second-order valence-corrected chi connectivity index (χ2v) is 8.40. The first-order chi connectivity index (χ1) is 13.2. The molecule has 0 saturated carbocycles. The minimum atomic E-state index is -4.00. The highest BCUT2D eigenvalue weighted by atomic mass is 32.2. The maximum Gasteiger partial charge on any atom is 0.338 e. The van der Waals surface area contributed by atoms with Crippen molar-refractivity contribution in [1.29, 1.82) is 0 Å². The lowest BCUT2D eigenvalue weighted by molar-refractivity contribution is 0.0599. The van der Waals surface area contributed by atoms with Crippen molar-refractivity contribution in [1.82, 2.24) is 4.98 Å². The summed E-state index contributed by atoms with van der Waals surface area (Å²) in [5.41, 5.74) is 3.64. The molecule has 0 aliphatic heterocycles. The summed E-state index contributed by atoms with van der Waals surface area (Å²) < 4.78 is 38.2. The summed E-state index contributed by atoms with van der Waals surface area (Å²) in [7, 11) is -2.74. The van der Waals surface area contributed by atoms with Gasteiger partial charge in [-0.1, -0.05) is 6.07 Å². The van der Waals surface area contributed by atoms with Gasteiger partial charge in [0.2, 0.25) is 0 Å². The van der Waals surface area contributed by atoms with E-state index in [9.17, 15) is 13.2 Å². The summed E-state index contributed by atoms with van der Waals surface area (Å²) in [5.74, 6) is -0.585. The summed E-state index contributed by atoms with van der Waals surface area (Å²) in [6.45, 7) is 7.23. The highest BCUT2D eigenvalue weighted by molar-refractivity contribution is 7.92. The number of benzene rings is 2. The van der Waals surface area contributed by atoms with Gasteiger partial charge in [-0.15, -0.1) is 0 Å². The van der Waals surface area contributed by atoms with E-state index in [1.54, 1.807) is 26.8 Å². The highest BCUT2D eigenvalue weighted by Crippen LogP contribution is 2.29. The fourth-order valence-electron chi connectivity index (χ4n) is 2.96. The quantitative estimate of drug-likeness (QED) is 0.604. The number of fused-ring (bicyclic) bond motifs is 1. The molecule has 3 aromatic rings. The van der Waals surface area contributed by atoms with Gasteiger partial charge in [0, 0.05) is 6.54 Å². The number of oxazole rings is 1. The fraction of sp³-hybridized carbons (Fsp3) is 0.300. The molecule has 28 heavy (non-hydrogen) atoms. The maximum absolute atomic E-state index is 13.3. The highest BCUT2D eigenvalue weighted by Gasteiger charge is 2.29. The van der Waals surface area contributed by atoms with Crippen molar-refractivity contribution in [3.05, 3.63) is 52.6 Å². The van der Waals surface area contributed by atoms with E-state index in [2.05, 4.69) is 4.98 Å². The Balaban J connectivity index is 2.13. The van der Waals surface area contributed by atoms with E-state index in [-0.39, 0.29) is 23.0 Å². The molecule has 1 aromatic heterocycles. The predicted molar refractivity (Wildman–Crippen MR) is 106 cm³/mol. The van der Waals surface area contributed by atoms with E-state index < -0.39 is 16.0 Å². The van der Waals surface area contributed by atoms with Crippen molar-refractivity contribution in [2.24, 2.45) is 0 Å². The number of hydrogen-bond donors (Lipinski definition) is 0. The second-order valence-electron chi connectivity index (χ2n) is 6.54. The van der Waals surface area contributed by atoms with E-state index in [0.29, 0.717) is 22.2 Å². The first-order valence-corrected chi connectivity index (χ1v) is 10.2. The minimum Gasteiger partial charge on any atom is -0.465 e. The Labute approximate surface area is 164 Å². The van der Waals surface area contributed by atoms with Gasteiger partial charge in [-0.05, 0) is 68.7 Å². The molecule has 0 amide bonds. The number of aryl methyl sites for hydroxylation is 2. The standard InChI is InChI=1S/C20H22N2O5S/c1-6-22(20-21-17-9-12(2)7-8-18(17)27-20)28(24,25)15-10-13(3)14(4)16(11-15)19(23)26-5/h7-11H,6H2,1-5H3. The molecular weight excluding hydrogens is 380 g/mol. The number of methoxy groups -OCH3 is 1. The SMILES string of the molecule is CCN(c1nc2cc(C)ccc2o1)S(=O)(=O)c1cc(C)c(C)c(C(=O)OC)c1. The third-order valence-corrected chi connectivity index (χ3v) is 6.49. The summed E-state index contributed by atoms with van der Waals surface area (Å²) in [5, 5.41) is 0. The van der Waals surface area contributed by atoms with Gasteiger partial charge in [0.15, 0.2) is 5.58 Å². The number of hydrogen-bond acceptors (Lipinski definition) is 6. The van der Waals surface area contributed by atoms with Crippen molar-refractivity contribution >= 4 is 33.1 Å². The predicted octanol–water partition coefficient (Wildman–Crippen LogP) is 3.75. The van der Waals surface area contributed by atoms with Gasteiger partial charge in [-0.25, -0.2) is 17.5 Å². The van der Waals surface area contributed by atoms with E-state index in [4.69, 9.17) is 9.15 Å². The first-order valence-electron chi connectivity index (χ1n) is 8.78. The van der Waals surface area contributed by atoms with Gasteiger partial charge in [0.05, 0.1) is 17.6 Å². The fourth-order valence-corrected chi connectivity index (χ4v) is 4.43. The average Bonchev–Trinajstić information content (AvgIpc) is 3.05. The molecule has 148 valence electrons. The number of sulfonamides is 1. The topological polar surface area (TPSA) is 89.7 Å². The molecule has 0 bridgehead atoms. The number of ether oxygens (including phenoxy) is 1. The Morgan fingerprint density at radius 3 is 2.54 bits per heavy atom. The van der Waals surface area contributed by atoms with Crippen LogP contribution in [0.1, 0.15) is 34.0 Å². The zero-order chi connectivity index (χ0) is 20.6. The van der Waals surface area contributed by atoms with Crippen LogP contribution in [-0.4, -0.2) is 33.0 Å². The number of carbonyl (C=O) groups excluding carboxylic acids is 1. The van der Waals surface area contributed by atoms with Gasteiger partial charge < -0.3 is 9.15 Å². The van der Waals surface area contributed by atoms with Crippen molar-refractivity contribution < 1.29 is 22.4 Å². The second kappa shape index (κ2) is 7.27. The van der Waals surface area contributed by atoms with Crippen LogP contribution in [-0.2, 0) is 14.8 Å². The molecule has 0 radical (unpaired) electrons. The van der Waals surface area contributed by atoms with Crippen LogP contribution in [0.2, 0.25) is 0 Å². The van der Waals surface area contributed by atoms with E-state index in [1.807, 2.05) is 19.1 Å². The molecule has 0 atom stereocenters. The Kier molecular flexibility index (Phi) is 5.16. The van der Waals surface area contributed by atoms with E-state index >= 15 is 0 Å². The van der Waals surface area contributed by atoms with Gasteiger partial charge in [0.25, 0.3) is 10.0 Å². The van der Waals surface area contributed by atoms with Crippen LogP contribution < -0.4 is 4.31 Å². The normalized spacial score (nSPS) is 11.6. The monoisotopic (exact) mass is 402 g/mol. The lowest BCUT2D eigenvalue weighted by atomic mass is 10.0. The Hall–Kier alpha value is -2.87. The van der Waals surface area contributed by atoms with Crippen molar-refractivity contribution in [3.63, 3.8) is 0 Å². The third kappa shape index (κ3) is 3.35. The average molecular weight is 402 g/mol. The smallest absolute Gasteiger partial charge is 0.338 e. The minimum absolute atomic E-state index is 0.0130. The summed E-state index contributed by atoms with van der Waals surface area (Å²) in [6.07, 6.45) is 0. The number of nitrogens with zero attached hydrogens (tertiary/aromatic N) is 2. The van der Waals surface area contributed by atoms with Crippen LogP contribution in [0.3, 0.4) is 0 Å². The van der Waals surface area contributed by atoms with E-state index in [1.165, 1.54) is 19.2 Å². The summed E-state index contributed by atoms with van der Waals surface area (Å²) in [4.78, 5) is 16.4. The molecule has 0 unspecified atom stereocenters. The molecule has 0 spiro atoms. The molecule has 3 rings (SSSR count). The van der Waals surface area contributed by atoms with Crippen LogP contribution in [0.5, 0.6) is 0 Å². The Morgan fingerprint density at radius 1 is 1.18 bits per heavy atom. The maximum atomic E-state index is 13.3. The van der Waals surface area contributed by atoms with Crippen molar-refractivity contribution in [2.45, 2.75) is 32.6 Å². The lowest BCUT2D eigenvalue weighted by Crippen LogP contribution is -2.31. The zero-order valence-corrected chi connectivity index (χ0v) is 17.3. The summed E-state index contributed by atoms with van der Waals surface area (Å²) >= 11 is 0. The molecule has 7 nitrogen and oxygen atoms in total. The number of aromatic nitrogens is 1. The van der Waals surface area contributed by atoms with Gasteiger partial charge in [-0.2, -0.15) is 4.98 Å². The molecule has 8 heteroatoms. The number of rotatable bonds is 5. The molecule has 0 aliphatic carbocycles. The molecule has 2 aromatic carbocycles. The summed E-state index contributed by atoms with van der Waals surface area (Å²) in [6, 6.07) is 8.31. The van der Waals surface area contributed by atoms with Crippen LogP contribution >= 0.6 is 0 Å². The lowest BCUT2D eigenvalue weighted by Gasteiger charge is -2.20. The molecule has 0 saturated heterocycles.